The summed E-state index contributed by atoms with van der Waals surface area (Å²) >= 11 is 0. The second kappa shape index (κ2) is 9.25. The predicted molar refractivity (Wildman–Crippen MR) is 124 cm³/mol. The van der Waals surface area contributed by atoms with Crippen molar-refractivity contribution in [2.24, 2.45) is 7.05 Å². The molecule has 170 valence electrons. The highest BCUT2D eigenvalue weighted by atomic mass is 16.5. The number of nitrogens with one attached hydrogen (secondary N) is 2. The molecule has 0 radical (unpaired) electrons. The number of benzene rings is 2. The SMILES string of the molecule is CCCc1nn(C)c2c(=O)[nH]c(-c3cc(-c4ccc(C(=O)NO)cc4)ccc3OCC)nc12. The van der Waals surface area contributed by atoms with Gasteiger partial charge < -0.3 is 9.72 Å². The second-order valence-electron chi connectivity index (χ2n) is 7.59. The van der Waals surface area contributed by atoms with Gasteiger partial charge in [-0.25, -0.2) is 10.5 Å². The number of hydroxylamine groups is 1. The summed E-state index contributed by atoms with van der Waals surface area (Å²) in [5.74, 6) is 0.420. The van der Waals surface area contributed by atoms with Gasteiger partial charge in [-0.3, -0.25) is 19.5 Å². The fourth-order valence-electron chi connectivity index (χ4n) is 3.83. The summed E-state index contributed by atoms with van der Waals surface area (Å²) in [5.41, 5.74) is 5.87. The van der Waals surface area contributed by atoms with Crippen LogP contribution >= 0.6 is 0 Å². The van der Waals surface area contributed by atoms with E-state index in [1.807, 2.05) is 25.1 Å². The summed E-state index contributed by atoms with van der Waals surface area (Å²) in [7, 11) is 1.74. The Balaban J connectivity index is 1.86. The van der Waals surface area contributed by atoms with Crippen LogP contribution in [0.3, 0.4) is 0 Å². The minimum atomic E-state index is -0.580. The zero-order valence-corrected chi connectivity index (χ0v) is 18.7. The molecule has 3 N–H and O–H groups in total. The van der Waals surface area contributed by atoms with Crippen molar-refractivity contribution < 1.29 is 14.7 Å². The standard InChI is InChI=1S/C24H25N5O4/c1-4-6-18-20-21(29(3)27-18)24(31)26-22(25-20)17-13-16(11-12-19(17)33-5-2)14-7-9-15(10-8-14)23(30)28-32/h7-13,32H,4-6H2,1-3H3,(H,28,30)(H,25,26,31). The van der Waals surface area contributed by atoms with Gasteiger partial charge >= 0.3 is 0 Å². The van der Waals surface area contributed by atoms with Crippen LogP contribution < -0.4 is 15.8 Å². The average Bonchev–Trinajstić information content (AvgIpc) is 3.15. The van der Waals surface area contributed by atoms with E-state index in [0.29, 0.717) is 40.3 Å². The number of carbonyl (C=O) groups excluding carboxylic acids is 1. The maximum Gasteiger partial charge on any atom is 0.277 e. The quantitative estimate of drug-likeness (QED) is 0.295. The third-order valence-electron chi connectivity index (χ3n) is 5.37. The normalized spacial score (nSPS) is 11.0. The number of hydrogen-bond donors (Lipinski definition) is 3. The lowest BCUT2D eigenvalue weighted by Crippen LogP contribution is -2.18. The molecular formula is C24H25N5O4. The minimum absolute atomic E-state index is 0.264. The summed E-state index contributed by atoms with van der Waals surface area (Å²) in [6, 6.07) is 12.4. The van der Waals surface area contributed by atoms with Gasteiger partial charge in [0, 0.05) is 12.6 Å². The van der Waals surface area contributed by atoms with Crippen molar-refractivity contribution in [3.05, 3.63) is 64.1 Å². The number of hydrogen-bond acceptors (Lipinski definition) is 6. The molecule has 0 bridgehead atoms. The first-order valence-corrected chi connectivity index (χ1v) is 10.7. The average molecular weight is 447 g/mol. The summed E-state index contributed by atoms with van der Waals surface area (Å²) < 4.78 is 7.39. The minimum Gasteiger partial charge on any atom is -0.493 e. The molecule has 0 spiro atoms. The summed E-state index contributed by atoms with van der Waals surface area (Å²) in [5, 5.41) is 13.3. The number of aryl methyl sites for hydroxylation is 2. The van der Waals surface area contributed by atoms with Crippen molar-refractivity contribution in [2.45, 2.75) is 26.7 Å². The lowest BCUT2D eigenvalue weighted by Gasteiger charge is -2.12. The molecule has 0 aliphatic rings. The monoisotopic (exact) mass is 447 g/mol. The van der Waals surface area contributed by atoms with Gasteiger partial charge in [-0.15, -0.1) is 0 Å². The van der Waals surface area contributed by atoms with Crippen LogP contribution in [-0.2, 0) is 13.5 Å². The molecule has 4 aromatic rings. The Bertz CT molecular complexity index is 1370. The van der Waals surface area contributed by atoms with E-state index in [0.717, 1.165) is 29.7 Å². The smallest absolute Gasteiger partial charge is 0.277 e. The number of amides is 1. The number of fused-ring (bicyclic) bond motifs is 1. The highest BCUT2D eigenvalue weighted by Crippen LogP contribution is 2.33. The predicted octanol–water partition coefficient (Wildman–Crippen LogP) is 3.46. The van der Waals surface area contributed by atoms with E-state index >= 15 is 0 Å². The van der Waals surface area contributed by atoms with Gasteiger partial charge in [0.2, 0.25) is 0 Å². The Kier molecular flexibility index (Phi) is 6.23. The Morgan fingerprint density at radius 3 is 2.55 bits per heavy atom. The first kappa shape index (κ1) is 22.2. The van der Waals surface area contributed by atoms with E-state index in [1.165, 1.54) is 0 Å². The maximum atomic E-state index is 12.9. The van der Waals surface area contributed by atoms with Gasteiger partial charge in [0.15, 0.2) is 5.52 Å². The Morgan fingerprint density at radius 1 is 1.15 bits per heavy atom. The van der Waals surface area contributed by atoms with Crippen molar-refractivity contribution >= 4 is 16.9 Å². The van der Waals surface area contributed by atoms with Crippen LogP contribution in [0, 0.1) is 0 Å². The molecule has 33 heavy (non-hydrogen) atoms. The molecule has 9 nitrogen and oxygen atoms in total. The number of rotatable bonds is 7. The van der Waals surface area contributed by atoms with Crippen LogP contribution in [0.2, 0.25) is 0 Å². The Morgan fingerprint density at radius 2 is 1.88 bits per heavy atom. The van der Waals surface area contributed by atoms with E-state index in [-0.39, 0.29) is 5.56 Å². The zero-order chi connectivity index (χ0) is 23.5. The molecule has 0 aliphatic carbocycles. The Hall–Kier alpha value is -3.98. The van der Waals surface area contributed by atoms with Gasteiger partial charge in [-0.1, -0.05) is 31.5 Å². The van der Waals surface area contributed by atoms with Gasteiger partial charge in [0.25, 0.3) is 11.5 Å². The van der Waals surface area contributed by atoms with Crippen LogP contribution in [0.25, 0.3) is 33.5 Å². The number of aromatic amines is 1. The third kappa shape index (κ3) is 4.22. The Labute approximate surface area is 190 Å². The molecule has 2 heterocycles. The number of nitrogens with zero attached hydrogens (tertiary/aromatic N) is 3. The van der Waals surface area contributed by atoms with E-state index in [2.05, 4.69) is 17.0 Å². The first-order chi connectivity index (χ1) is 16.0. The largest absolute Gasteiger partial charge is 0.493 e. The molecule has 0 saturated carbocycles. The molecule has 4 rings (SSSR count). The molecular weight excluding hydrogens is 422 g/mol. The van der Waals surface area contributed by atoms with Crippen LogP contribution in [0.15, 0.2) is 47.3 Å². The van der Waals surface area contributed by atoms with Crippen LogP contribution in [0.1, 0.15) is 36.3 Å². The van der Waals surface area contributed by atoms with E-state index in [1.54, 1.807) is 41.5 Å². The molecule has 0 saturated heterocycles. The topological polar surface area (TPSA) is 122 Å². The molecule has 2 aromatic carbocycles. The van der Waals surface area contributed by atoms with Crippen molar-refractivity contribution in [3.63, 3.8) is 0 Å². The van der Waals surface area contributed by atoms with Gasteiger partial charge in [-0.05, 0) is 48.7 Å². The molecule has 0 atom stereocenters. The molecule has 2 aromatic heterocycles. The summed E-state index contributed by atoms with van der Waals surface area (Å²) in [4.78, 5) is 32.2. The van der Waals surface area contributed by atoms with Gasteiger partial charge in [0.1, 0.15) is 17.1 Å². The fraction of sp³-hybridized carbons (Fsp3) is 0.250. The van der Waals surface area contributed by atoms with Crippen molar-refractivity contribution in [1.29, 1.82) is 0 Å². The molecule has 9 heteroatoms. The van der Waals surface area contributed by atoms with E-state index in [4.69, 9.17) is 14.9 Å². The molecule has 1 amide bonds. The second-order valence-corrected chi connectivity index (χ2v) is 7.59. The number of carbonyl (C=O) groups is 1. The number of ether oxygens (including phenoxy) is 1. The highest BCUT2D eigenvalue weighted by molar-refractivity contribution is 5.94. The van der Waals surface area contributed by atoms with Crippen molar-refractivity contribution in [2.75, 3.05) is 6.61 Å². The fourth-order valence-corrected chi connectivity index (χ4v) is 3.83. The highest BCUT2D eigenvalue weighted by Gasteiger charge is 2.18. The van der Waals surface area contributed by atoms with Crippen molar-refractivity contribution in [1.82, 2.24) is 25.2 Å². The summed E-state index contributed by atoms with van der Waals surface area (Å²) in [6.45, 7) is 4.40. The van der Waals surface area contributed by atoms with Crippen molar-refractivity contribution in [3.8, 4) is 28.3 Å². The first-order valence-electron chi connectivity index (χ1n) is 10.7. The van der Waals surface area contributed by atoms with Gasteiger partial charge in [0.05, 0.1) is 17.9 Å². The van der Waals surface area contributed by atoms with Gasteiger partial charge in [-0.2, -0.15) is 5.10 Å². The third-order valence-corrected chi connectivity index (χ3v) is 5.37. The van der Waals surface area contributed by atoms with Crippen LogP contribution in [-0.4, -0.2) is 37.5 Å². The summed E-state index contributed by atoms with van der Waals surface area (Å²) in [6.07, 6.45) is 1.61. The van der Waals surface area contributed by atoms with Crippen LogP contribution in [0.4, 0.5) is 0 Å². The van der Waals surface area contributed by atoms with E-state index < -0.39 is 5.91 Å². The molecule has 0 unspecified atom stereocenters. The number of aromatic nitrogens is 4. The number of H-pyrrole nitrogens is 1. The zero-order valence-electron chi connectivity index (χ0n) is 18.7. The lowest BCUT2D eigenvalue weighted by atomic mass is 10.0. The molecule has 0 aliphatic heterocycles. The maximum absolute atomic E-state index is 12.9. The van der Waals surface area contributed by atoms with Crippen LogP contribution in [0.5, 0.6) is 5.75 Å². The molecule has 0 fully saturated rings. The van der Waals surface area contributed by atoms with E-state index in [9.17, 15) is 9.59 Å². The lowest BCUT2D eigenvalue weighted by molar-refractivity contribution is 0.0706.